The number of hydrogen-bond donors (Lipinski definition) is 1. The molecule has 0 atom stereocenters. The smallest absolute Gasteiger partial charge is 0.263 e. The van der Waals surface area contributed by atoms with E-state index in [-0.39, 0.29) is 5.91 Å². The fraction of sp³-hybridized carbons (Fsp3) is 0.667. The Kier molecular flexibility index (Phi) is 4.93. The number of hydrogen-bond acceptors (Lipinski definition) is 3. The monoisotopic (exact) mass is 240 g/mol. The molecule has 0 aliphatic rings. The molecule has 0 bridgehead atoms. The van der Waals surface area contributed by atoms with E-state index in [0.717, 1.165) is 6.54 Å². The highest BCUT2D eigenvalue weighted by Crippen LogP contribution is 2.19. The van der Waals surface area contributed by atoms with Crippen LogP contribution < -0.4 is 5.32 Å². The summed E-state index contributed by atoms with van der Waals surface area (Å²) in [6.45, 7) is 9.53. The second-order valence-corrected chi connectivity index (χ2v) is 5.61. The van der Waals surface area contributed by atoms with Gasteiger partial charge in [-0.1, -0.05) is 27.7 Å². The molecule has 0 saturated carbocycles. The number of rotatable bonds is 5. The molecule has 0 spiro atoms. The Balaban J connectivity index is 2.47. The van der Waals surface area contributed by atoms with Gasteiger partial charge >= 0.3 is 0 Å². The van der Waals surface area contributed by atoms with Gasteiger partial charge in [-0.3, -0.25) is 9.78 Å². The molecule has 1 N–H and O–H groups in total. The van der Waals surface area contributed by atoms with E-state index in [2.05, 4.69) is 38.0 Å². The van der Waals surface area contributed by atoms with Crippen molar-refractivity contribution in [1.29, 1.82) is 0 Å². The molecule has 0 unspecified atom stereocenters. The maximum atomic E-state index is 11.7. The zero-order chi connectivity index (χ0) is 12.1. The van der Waals surface area contributed by atoms with Crippen LogP contribution in [0.2, 0.25) is 0 Å². The predicted molar refractivity (Wildman–Crippen MR) is 67.6 cm³/mol. The summed E-state index contributed by atoms with van der Waals surface area (Å²) in [7, 11) is 0. The van der Waals surface area contributed by atoms with E-state index in [1.807, 2.05) is 0 Å². The molecule has 0 saturated heterocycles. The maximum Gasteiger partial charge on any atom is 0.263 e. The van der Waals surface area contributed by atoms with Crippen molar-refractivity contribution in [2.75, 3.05) is 6.54 Å². The van der Waals surface area contributed by atoms with Crippen LogP contribution in [0, 0.1) is 17.8 Å². The minimum absolute atomic E-state index is 0.00574. The van der Waals surface area contributed by atoms with Gasteiger partial charge in [0.1, 0.15) is 4.88 Å². The Morgan fingerprint density at radius 3 is 2.44 bits per heavy atom. The Bertz CT molecular complexity index is 312. The average molecular weight is 240 g/mol. The first-order chi connectivity index (χ1) is 7.52. The first kappa shape index (κ1) is 13.2. The number of nitrogens with one attached hydrogen (secondary N) is 1. The molecule has 1 amide bonds. The fourth-order valence-corrected chi connectivity index (χ4v) is 2.40. The highest BCUT2D eigenvalue weighted by Gasteiger charge is 2.18. The number of carbonyl (C=O) groups is 1. The van der Waals surface area contributed by atoms with Crippen LogP contribution in [0.1, 0.15) is 37.4 Å². The van der Waals surface area contributed by atoms with E-state index in [4.69, 9.17) is 0 Å². The lowest BCUT2D eigenvalue weighted by Crippen LogP contribution is -2.33. The number of amides is 1. The van der Waals surface area contributed by atoms with Crippen LogP contribution in [0.25, 0.3) is 0 Å². The molecule has 16 heavy (non-hydrogen) atoms. The molecule has 1 aromatic heterocycles. The van der Waals surface area contributed by atoms with E-state index >= 15 is 0 Å². The van der Waals surface area contributed by atoms with Crippen molar-refractivity contribution in [2.45, 2.75) is 27.7 Å². The summed E-state index contributed by atoms with van der Waals surface area (Å²) in [5.74, 6) is 1.69. The highest BCUT2D eigenvalue weighted by atomic mass is 32.1. The standard InChI is InChI=1S/C12H20N2OS/c1-8(2)10(9(3)4)5-14-12(15)11-6-13-7-16-11/h6-10H,5H2,1-4H3,(H,14,15). The molecule has 3 nitrogen and oxygen atoms in total. The molecular weight excluding hydrogens is 220 g/mol. The topological polar surface area (TPSA) is 42.0 Å². The summed E-state index contributed by atoms with van der Waals surface area (Å²) in [6.07, 6.45) is 1.61. The van der Waals surface area contributed by atoms with Crippen molar-refractivity contribution in [3.63, 3.8) is 0 Å². The van der Waals surface area contributed by atoms with Crippen LogP contribution in [0.4, 0.5) is 0 Å². The van der Waals surface area contributed by atoms with Crippen molar-refractivity contribution in [3.8, 4) is 0 Å². The summed E-state index contributed by atoms with van der Waals surface area (Å²) in [4.78, 5) is 16.3. The van der Waals surface area contributed by atoms with E-state index in [9.17, 15) is 4.79 Å². The molecule has 90 valence electrons. The van der Waals surface area contributed by atoms with Gasteiger partial charge in [0, 0.05) is 6.54 Å². The van der Waals surface area contributed by atoms with E-state index < -0.39 is 0 Å². The Morgan fingerprint density at radius 2 is 2.00 bits per heavy atom. The normalized spacial score (nSPS) is 11.4. The molecule has 0 aliphatic carbocycles. The second-order valence-electron chi connectivity index (χ2n) is 4.73. The van der Waals surface area contributed by atoms with Crippen LogP contribution >= 0.6 is 11.3 Å². The SMILES string of the molecule is CC(C)C(CNC(=O)c1cncs1)C(C)C. The van der Waals surface area contributed by atoms with Crippen molar-refractivity contribution < 1.29 is 4.79 Å². The third-order valence-corrected chi connectivity index (χ3v) is 3.64. The van der Waals surface area contributed by atoms with Gasteiger partial charge < -0.3 is 5.32 Å². The van der Waals surface area contributed by atoms with Gasteiger partial charge in [0.2, 0.25) is 0 Å². The number of aromatic nitrogens is 1. The summed E-state index contributed by atoms with van der Waals surface area (Å²) in [6, 6.07) is 0. The molecule has 0 fully saturated rings. The molecule has 1 heterocycles. The molecular formula is C12H20N2OS. The molecule has 4 heteroatoms. The third-order valence-electron chi connectivity index (χ3n) is 2.87. The second kappa shape index (κ2) is 5.99. The zero-order valence-electron chi connectivity index (χ0n) is 10.4. The summed E-state index contributed by atoms with van der Waals surface area (Å²) < 4.78 is 0. The van der Waals surface area contributed by atoms with Gasteiger partial charge in [0.05, 0.1) is 11.7 Å². The van der Waals surface area contributed by atoms with E-state index in [1.165, 1.54) is 11.3 Å². The maximum absolute atomic E-state index is 11.7. The Morgan fingerprint density at radius 1 is 1.38 bits per heavy atom. The van der Waals surface area contributed by atoms with Crippen LogP contribution in [0.3, 0.4) is 0 Å². The van der Waals surface area contributed by atoms with Gasteiger partial charge in [-0.15, -0.1) is 11.3 Å². The minimum atomic E-state index is -0.00574. The number of carbonyl (C=O) groups excluding carboxylic acids is 1. The van der Waals surface area contributed by atoms with Crippen LogP contribution in [-0.2, 0) is 0 Å². The van der Waals surface area contributed by atoms with Crippen LogP contribution in [0.15, 0.2) is 11.7 Å². The van der Waals surface area contributed by atoms with Gasteiger partial charge in [-0.05, 0) is 17.8 Å². The molecule has 1 rings (SSSR count). The summed E-state index contributed by atoms with van der Waals surface area (Å²) >= 11 is 1.38. The lowest BCUT2D eigenvalue weighted by molar-refractivity contribution is 0.0941. The molecule has 0 radical (unpaired) electrons. The van der Waals surface area contributed by atoms with Crippen molar-refractivity contribution in [2.24, 2.45) is 17.8 Å². The minimum Gasteiger partial charge on any atom is -0.351 e. The highest BCUT2D eigenvalue weighted by molar-refractivity contribution is 7.11. The number of nitrogens with zero attached hydrogens (tertiary/aromatic N) is 1. The zero-order valence-corrected chi connectivity index (χ0v) is 11.2. The van der Waals surface area contributed by atoms with E-state index in [0.29, 0.717) is 22.6 Å². The van der Waals surface area contributed by atoms with Gasteiger partial charge in [-0.2, -0.15) is 0 Å². The first-order valence-corrected chi connectivity index (χ1v) is 6.57. The Labute approximate surface area is 101 Å². The largest absolute Gasteiger partial charge is 0.351 e. The third kappa shape index (κ3) is 3.59. The predicted octanol–water partition coefficient (Wildman–Crippen LogP) is 2.80. The fourth-order valence-electron chi connectivity index (χ4n) is 1.87. The van der Waals surface area contributed by atoms with Gasteiger partial charge in [-0.25, -0.2) is 0 Å². The first-order valence-electron chi connectivity index (χ1n) is 5.69. The van der Waals surface area contributed by atoms with Gasteiger partial charge in [0.25, 0.3) is 5.91 Å². The van der Waals surface area contributed by atoms with Gasteiger partial charge in [0.15, 0.2) is 0 Å². The van der Waals surface area contributed by atoms with Crippen LogP contribution in [-0.4, -0.2) is 17.4 Å². The van der Waals surface area contributed by atoms with Crippen molar-refractivity contribution in [3.05, 3.63) is 16.6 Å². The summed E-state index contributed by atoms with van der Waals surface area (Å²) in [5.41, 5.74) is 1.68. The van der Waals surface area contributed by atoms with Crippen molar-refractivity contribution >= 4 is 17.2 Å². The Hall–Kier alpha value is -0.900. The molecule has 0 aromatic carbocycles. The lowest BCUT2D eigenvalue weighted by atomic mass is 9.85. The van der Waals surface area contributed by atoms with Crippen LogP contribution in [0.5, 0.6) is 0 Å². The quantitative estimate of drug-likeness (QED) is 0.860. The molecule has 1 aromatic rings. The number of thiazole rings is 1. The van der Waals surface area contributed by atoms with E-state index in [1.54, 1.807) is 11.7 Å². The lowest BCUT2D eigenvalue weighted by Gasteiger charge is -2.24. The van der Waals surface area contributed by atoms with Crippen molar-refractivity contribution in [1.82, 2.24) is 10.3 Å². The molecule has 0 aliphatic heterocycles. The summed E-state index contributed by atoms with van der Waals surface area (Å²) in [5, 5.41) is 2.98. The average Bonchev–Trinajstić information content (AvgIpc) is 2.69.